The summed E-state index contributed by atoms with van der Waals surface area (Å²) >= 11 is 0. The molecule has 10 aromatic rings. The summed E-state index contributed by atoms with van der Waals surface area (Å²) in [5.41, 5.74) is 15.5. The van der Waals surface area contributed by atoms with E-state index in [2.05, 4.69) is 176 Å². The minimum atomic E-state index is 0.678. The van der Waals surface area contributed by atoms with E-state index in [4.69, 9.17) is 14.4 Å². The number of rotatable bonds is 7. The molecule has 0 fully saturated rings. The number of para-hydroxylation sites is 1. The Morgan fingerprint density at radius 2 is 0.655 bits per heavy atom. The second-order valence-electron chi connectivity index (χ2n) is 13.8. The third-order valence-corrected chi connectivity index (χ3v) is 10.2. The first-order chi connectivity index (χ1) is 27.2. The average molecular weight is 703 g/mol. The number of benzene rings is 8. The number of hydrogen-bond acceptors (Lipinski definition) is 3. The van der Waals surface area contributed by atoms with E-state index in [0.717, 1.165) is 94.5 Å². The molecular weight excluding hydrogens is 669 g/mol. The predicted octanol–water partition coefficient (Wildman–Crippen LogP) is 14.0. The first kappa shape index (κ1) is 32.3. The van der Waals surface area contributed by atoms with E-state index in [-0.39, 0.29) is 0 Å². The third kappa shape index (κ3) is 6.39. The molecule has 2 aromatic heterocycles. The SMILES string of the molecule is c1ccc(-c2cc(-c3ccccc3)cc(-c3cc(-c4cc(-c5ccccc5)cc(-c5ccc6oc7ccccc7c6c5)c4)nc(-c4ccccc4)n3)c2)cc1. The summed E-state index contributed by atoms with van der Waals surface area (Å²) in [5.74, 6) is 0.678. The van der Waals surface area contributed by atoms with Gasteiger partial charge in [-0.1, -0.05) is 146 Å². The first-order valence-electron chi connectivity index (χ1n) is 18.6. The van der Waals surface area contributed by atoms with Crippen molar-refractivity contribution in [2.45, 2.75) is 0 Å². The van der Waals surface area contributed by atoms with Gasteiger partial charge in [-0.3, -0.25) is 0 Å². The zero-order valence-electron chi connectivity index (χ0n) is 29.9. The highest BCUT2D eigenvalue weighted by Gasteiger charge is 2.16. The Labute approximate surface area is 319 Å². The number of hydrogen-bond donors (Lipinski definition) is 0. The summed E-state index contributed by atoms with van der Waals surface area (Å²) in [7, 11) is 0. The highest BCUT2D eigenvalue weighted by molar-refractivity contribution is 6.06. The average Bonchev–Trinajstić information content (AvgIpc) is 3.65. The van der Waals surface area contributed by atoms with Crippen molar-refractivity contribution in [3.8, 4) is 78.4 Å². The predicted molar refractivity (Wildman–Crippen MR) is 227 cm³/mol. The number of fused-ring (bicyclic) bond motifs is 3. The van der Waals surface area contributed by atoms with Crippen molar-refractivity contribution >= 4 is 21.9 Å². The van der Waals surface area contributed by atoms with Crippen molar-refractivity contribution in [2.24, 2.45) is 0 Å². The van der Waals surface area contributed by atoms with Gasteiger partial charge in [-0.05, 0) is 105 Å². The number of aromatic nitrogens is 2. The molecule has 55 heavy (non-hydrogen) atoms. The highest BCUT2D eigenvalue weighted by atomic mass is 16.3. The zero-order valence-corrected chi connectivity index (χ0v) is 29.9. The van der Waals surface area contributed by atoms with Crippen LogP contribution in [0.1, 0.15) is 0 Å². The Morgan fingerprint density at radius 1 is 0.255 bits per heavy atom. The maximum atomic E-state index is 6.20. The van der Waals surface area contributed by atoms with Crippen molar-refractivity contribution in [3.05, 3.63) is 206 Å². The Morgan fingerprint density at radius 3 is 1.16 bits per heavy atom. The van der Waals surface area contributed by atoms with Crippen molar-refractivity contribution in [1.29, 1.82) is 0 Å². The molecule has 3 nitrogen and oxygen atoms in total. The van der Waals surface area contributed by atoms with Crippen LogP contribution in [0, 0.1) is 0 Å². The Kier molecular flexibility index (Phi) is 8.16. The molecule has 3 heteroatoms. The molecule has 0 unspecified atom stereocenters. The van der Waals surface area contributed by atoms with Crippen LogP contribution in [0.5, 0.6) is 0 Å². The molecule has 0 saturated carbocycles. The normalized spacial score (nSPS) is 11.3. The van der Waals surface area contributed by atoms with E-state index in [0.29, 0.717) is 5.82 Å². The maximum Gasteiger partial charge on any atom is 0.160 e. The van der Waals surface area contributed by atoms with E-state index in [1.54, 1.807) is 0 Å². The van der Waals surface area contributed by atoms with Crippen molar-refractivity contribution in [1.82, 2.24) is 9.97 Å². The van der Waals surface area contributed by atoms with Gasteiger partial charge in [0, 0.05) is 27.5 Å². The molecule has 0 aliphatic carbocycles. The second-order valence-corrected chi connectivity index (χ2v) is 13.8. The van der Waals surface area contributed by atoms with Gasteiger partial charge in [0.2, 0.25) is 0 Å². The van der Waals surface area contributed by atoms with E-state index in [9.17, 15) is 0 Å². The van der Waals surface area contributed by atoms with Crippen LogP contribution in [0.25, 0.3) is 100 Å². The van der Waals surface area contributed by atoms with Crippen LogP contribution in [0.2, 0.25) is 0 Å². The lowest BCUT2D eigenvalue weighted by Crippen LogP contribution is -1.97. The lowest BCUT2D eigenvalue weighted by atomic mass is 9.93. The summed E-state index contributed by atoms with van der Waals surface area (Å²) in [6.45, 7) is 0. The van der Waals surface area contributed by atoms with Gasteiger partial charge in [-0.2, -0.15) is 0 Å². The Hall–Kier alpha value is -7.36. The standard InChI is InChI=1S/C52H34N2O/c1-5-15-35(16-6-1)40-27-41(36-17-7-2-8-18-36)30-44(29-40)48-34-49(54-52(53-48)38-21-11-4-12-22-38)45-31-42(37-19-9-3-10-20-37)28-43(32-45)39-25-26-51-47(33-39)46-23-13-14-24-50(46)55-51/h1-34H. The van der Waals surface area contributed by atoms with E-state index in [1.807, 2.05) is 30.3 Å². The van der Waals surface area contributed by atoms with Crippen LogP contribution in [-0.4, -0.2) is 9.97 Å². The third-order valence-electron chi connectivity index (χ3n) is 10.2. The van der Waals surface area contributed by atoms with Crippen LogP contribution in [0.3, 0.4) is 0 Å². The molecule has 0 atom stereocenters. The van der Waals surface area contributed by atoms with E-state index in [1.165, 1.54) is 0 Å². The Bertz CT molecular complexity index is 2900. The van der Waals surface area contributed by atoms with Crippen LogP contribution in [0.4, 0.5) is 0 Å². The molecule has 258 valence electrons. The topological polar surface area (TPSA) is 38.9 Å². The lowest BCUT2D eigenvalue weighted by molar-refractivity contribution is 0.669. The monoisotopic (exact) mass is 702 g/mol. The van der Waals surface area contributed by atoms with Gasteiger partial charge in [-0.25, -0.2) is 9.97 Å². The summed E-state index contributed by atoms with van der Waals surface area (Å²) in [6, 6.07) is 72.3. The first-order valence-corrected chi connectivity index (χ1v) is 18.6. The van der Waals surface area contributed by atoms with Gasteiger partial charge < -0.3 is 4.42 Å². The summed E-state index contributed by atoms with van der Waals surface area (Å²) in [4.78, 5) is 10.6. The molecule has 0 saturated heterocycles. The quantitative estimate of drug-likeness (QED) is 0.166. The Balaban J connectivity index is 1.19. The van der Waals surface area contributed by atoms with Crippen LogP contribution >= 0.6 is 0 Å². The molecule has 0 amide bonds. The molecule has 0 spiro atoms. The molecule has 0 aliphatic rings. The fourth-order valence-corrected chi connectivity index (χ4v) is 7.47. The van der Waals surface area contributed by atoms with Gasteiger partial charge in [0.1, 0.15) is 11.2 Å². The minimum Gasteiger partial charge on any atom is -0.456 e. The van der Waals surface area contributed by atoms with Gasteiger partial charge in [0.25, 0.3) is 0 Å². The number of nitrogens with zero attached hydrogens (tertiary/aromatic N) is 2. The minimum absolute atomic E-state index is 0.678. The smallest absolute Gasteiger partial charge is 0.160 e. The van der Waals surface area contributed by atoms with Crippen molar-refractivity contribution in [2.75, 3.05) is 0 Å². The van der Waals surface area contributed by atoms with Crippen LogP contribution in [-0.2, 0) is 0 Å². The molecule has 2 heterocycles. The summed E-state index contributed by atoms with van der Waals surface area (Å²) in [5, 5.41) is 2.21. The van der Waals surface area contributed by atoms with Gasteiger partial charge in [0.15, 0.2) is 5.82 Å². The fourth-order valence-electron chi connectivity index (χ4n) is 7.47. The van der Waals surface area contributed by atoms with Crippen LogP contribution < -0.4 is 0 Å². The molecule has 8 aromatic carbocycles. The number of furan rings is 1. The van der Waals surface area contributed by atoms with Gasteiger partial charge in [0.05, 0.1) is 11.4 Å². The van der Waals surface area contributed by atoms with E-state index < -0.39 is 0 Å². The van der Waals surface area contributed by atoms with Crippen molar-refractivity contribution in [3.63, 3.8) is 0 Å². The lowest BCUT2D eigenvalue weighted by Gasteiger charge is -2.15. The molecule has 0 bridgehead atoms. The molecule has 0 aliphatic heterocycles. The van der Waals surface area contributed by atoms with Crippen molar-refractivity contribution < 1.29 is 4.42 Å². The van der Waals surface area contributed by atoms with Crippen LogP contribution in [0.15, 0.2) is 211 Å². The largest absolute Gasteiger partial charge is 0.456 e. The van der Waals surface area contributed by atoms with Gasteiger partial charge in [-0.15, -0.1) is 0 Å². The summed E-state index contributed by atoms with van der Waals surface area (Å²) in [6.07, 6.45) is 0. The van der Waals surface area contributed by atoms with Gasteiger partial charge >= 0.3 is 0 Å². The highest BCUT2D eigenvalue weighted by Crippen LogP contribution is 2.39. The summed E-state index contributed by atoms with van der Waals surface area (Å²) < 4.78 is 6.20. The molecular formula is C52H34N2O. The second kappa shape index (κ2) is 13.9. The molecule has 0 radical (unpaired) electrons. The zero-order chi connectivity index (χ0) is 36.6. The fraction of sp³-hybridized carbons (Fsp3) is 0. The maximum absolute atomic E-state index is 6.20. The van der Waals surface area contributed by atoms with E-state index >= 15 is 0 Å². The molecule has 0 N–H and O–H groups in total. The molecule has 10 rings (SSSR count).